The fraction of sp³-hybridized carbons (Fsp3) is 0.111. The first kappa shape index (κ1) is 7.80. The van der Waals surface area contributed by atoms with Gasteiger partial charge in [0.25, 0.3) is 5.78 Å². The average Bonchev–Trinajstić information content (AvgIpc) is 2.92. The van der Waals surface area contributed by atoms with E-state index in [2.05, 4.69) is 30.7 Å². The molecule has 76 valence electrons. The molecule has 0 bridgehead atoms. The lowest BCUT2D eigenvalue weighted by Gasteiger charge is -2.05. The third kappa shape index (κ3) is 0.824. The maximum absolute atomic E-state index is 4.52. The van der Waals surface area contributed by atoms with E-state index in [0.29, 0.717) is 11.3 Å². The number of aromatic nitrogens is 6. The van der Waals surface area contributed by atoms with E-state index in [1.807, 2.05) is 24.3 Å². The Morgan fingerprint density at radius 1 is 1.12 bits per heavy atom. The van der Waals surface area contributed by atoms with Crippen LogP contribution in [0.1, 0.15) is 0 Å². The van der Waals surface area contributed by atoms with Gasteiger partial charge in [-0.2, -0.15) is 4.52 Å². The topological polar surface area (TPSA) is 81.2 Å². The molecule has 0 aromatic carbocycles. The Bertz CT molecular complexity index is 767. The Morgan fingerprint density at radius 2 is 2.12 bits per heavy atom. The largest absolute Gasteiger partial charge is 0.294 e. The fourth-order valence-electron chi connectivity index (χ4n) is 1.92. The van der Waals surface area contributed by atoms with Crippen molar-refractivity contribution in [3.05, 3.63) is 35.1 Å². The highest BCUT2D eigenvalue weighted by molar-refractivity contribution is 5.67. The average molecular weight is 211 g/mol. The summed E-state index contributed by atoms with van der Waals surface area (Å²) >= 11 is 0. The van der Waals surface area contributed by atoms with Crippen molar-refractivity contribution in [2.45, 2.75) is 6.04 Å². The van der Waals surface area contributed by atoms with Crippen LogP contribution in [0.5, 0.6) is 0 Å². The summed E-state index contributed by atoms with van der Waals surface area (Å²) in [6.07, 6.45) is 7.92. The minimum Gasteiger partial charge on any atom is -0.252 e. The highest BCUT2D eigenvalue weighted by atomic mass is 15.5. The SMILES string of the molecule is C1=CC2=c3nnc4nnnn4c3=NC2C=C1. The van der Waals surface area contributed by atoms with Gasteiger partial charge in [-0.15, -0.1) is 10.2 Å². The van der Waals surface area contributed by atoms with Crippen LogP contribution < -0.4 is 10.8 Å². The predicted molar refractivity (Wildman–Crippen MR) is 52.6 cm³/mol. The molecular formula is C9H5N7. The first-order valence-corrected chi connectivity index (χ1v) is 4.81. The van der Waals surface area contributed by atoms with Gasteiger partial charge in [-0.3, -0.25) is 4.99 Å². The Morgan fingerprint density at radius 3 is 3.12 bits per heavy atom. The van der Waals surface area contributed by atoms with E-state index in [-0.39, 0.29) is 6.04 Å². The van der Waals surface area contributed by atoms with Crippen molar-refractivity contribution in [1.29, 1.82) is 0 Å². The van der Waals surface area contributed by atoms with Crippen molar-refractivity contribution in [2.75, 3.05) is 0 Å². The highest BCUT2D eigenvalue weighted by Crippen LogP contribution is 2.15. The molecular weight excluding hydrogens is 206 g/mol. The maximum Gasteiger partial charge on any atom is 0.294 e. The third-order valence-corrected chi connectivity index (χ3v) is 2.64. The Labute approximate surface area is 88.5 Å². The van der Waals surface area contributed by atoms with Crippen LogP contribution in [0, 0.1) is 0 Å². The quantitative estimate of drug-likeness (QED) is 0.513. The van der Waals surface area contributed by atoms with E-state index in [9.17, 15) is 0 Å². The summed E-state index contributed by atoms with van der Waals surface area (Å²) in [6.45, 7) is 0. The molecule has 16 heavy (non-hydrogen) atoms. The van der Waals surface area contributed by atoms with E-state index >= 15 is 0 Å². The molecule has 2 aromatic rings. The summed E-state index contributed by atoms with van der Waals surface area (Å²) in [6, 6.07) is 0.0177. The highest BCUT2D eigenvalue weighted by Gasteiger charge is 2.20. The summed E-state index contributed by atoms with van der Waals surface area (Å²) in [5, 5.41) is 19.9. The standard InChI is InChI=1S/C9H5N7/c1-2-4-6-5(3-1)7-8(10-6)16-9(12-11-7)13-14-15-16/h1-4,6H. The zero-order valence-corrected chi connectivity index (χ0v) is 8.02. The summed E-state index contributed by atoms with van der Waals surface area (Å²) in [5.41, 5.74) is 1.72. The van der Waals surface area contributed by atoms with Gasteiger partial charge in [-0.1, -0.05) is 29.4 Å². The third-order valence-electron chi connectivity index (χ3n) is 2.64. The molecule has 3 heterocycles. The number of tetrazole rings is 1. The van der Waals surface area contributed by atoms with Crippen LogP contribution in [-0.2, 0) is 0 Å². The lowest BCUT2D eigenvalue weighted by Crippen LogP contribution is -2.35. The smallest absolute Gasteiger partial charge is 0.252 e. The summed E-state index contributed by atoms with van der Waals surface area (Å²) in [4.78, 5) is 4.52. The molecule has 7 heteroatoms. The molecule has 2 aromatic heterocycles. The predicted octanol–water partition coefficient (Wildman–Crippen LogP) is -1.81. The molecule has 1 unspecified atom stereocenters. The van der Waals surface area contributed by atoms with Gasteiger partial charge in [-0.25, -0.2) is 0 Å². The number of fused-ring (bicyclic) bond motifs is 4. The molecule has 0 spiro atoms. The van der Waals surface area contributed by atoms with Crippen molar-refractivity contribution in [2.24, 2.45) is 4.99 Å². The van der Waals surface area contributed by atoms with Gasteiger partial charge in [0.15, 0.2) is 5.49 Å². The minimum absolute atomic E-state index is 0.0177. The van der Waals surface area contributed by atoms with Crippen LogP contribution in [0.2, 0.25) is 0 Å². The molecule has 4 rings (SSSR count). The molecule has 0 N–H and O–H groups in total. The minimum atomic E-state index is 0.0177. The zero-order chi connectivity index (χ0) is 10.5. The van der Waals surface area contributed by atoms with E-state index in [4.69, 9.17) is 0 Å². The Balaban J connectivity index is 2.26. The number of hydrogen-bond donors (Lipinski definition) is 0. The van der Waals surface area contributed by atoms with Crippen LogP contribution >= 0.6 is 0 Å². The molecule has 0 amide bonds. The van der Waals surface area contributed by atoms with E-state index in [1.54, 1.807) is 0 Å². The molecule has 0 fully saturated rings. The summed E-state index contributed by atoms with van der Waals surface area (Å²) < 4.78 is 1.51. The summed E-state index contributed by atoms with van der Waals surface area (Å²) in [5.74, 6) is 0.370. The Hall–Kier alpha value is -2.44. The molecule has 2 aliphatic rings. The van der Waals surface area contributed by atoms with Crippen molar-refractivity contribution in [3.63, 3.8) is 0 Å². The number of allylic oxidation sites excluding steroid dienone is 2. The van der Waals surface area contributed by atoms with Crippen molar-refractivity contribution in [3.8, 4) is 0 Å². The van der Waals surface area contributed by atoms with Crippen LogP contribution in [-0.4, -0.2) is 36.3 Å². The second kappa shape index (κ2) is 2.57. The zero-order valence-electron chi connectivity index (χ0n) is 8.02. The molecule has 1 aliphatic carbocycles. The number of hydrogen-bond acceptors (Lipinski definition) is 6. The molecule has 0 saturated carbocycles. The lowest BCUT2D eigenvalue weighted by atomic mass is 10.0. The van der Waals surface area contributed by atoms with Gasteiger partial charge in [-0.05, 0) is 10.4 Å². The Kier molecular flexibility index (Phi) is 1.25. The van der Waals surface area contributed by atoms with Gasteiger partial charge in [0.05, 0.1) is 6.04 Å². The maximum atomic E-state index is 4.52. The summed E-state index contributed by atoms with van der Waals surface area (Å²) in [7, 11) is 0. The molecule has 1 atom stereocenters. The van der Waals surface area contributed by atoms with Gasteiger partial charge >= 0.3 is 0 Å². The first-order chi connectivity index (χ1) is 7.93. The van der Waals surface area contributed by atoms with Crippen LogP contribution in [0.15, 0.2) is 29.3 Å². The number of nitrogens with zero attached hydrogens (tertiary/aromatic N) is 7. The van der Waals surface area contributed by atoms with Crippen LogP contribution in [0.4, 0.5) is 0 Å². The van der Waals surface area contributed by atoms with Gasteiger partial charge in [0, 0.05) is 5.57 Å². The van der Waals surface area contributed by atoms with Crippen LogP contribution in [0.25, 0.3) is 11.4 Å². The van der Waals surface area contributed by atoms with Gasteiger partial charge in [0.1, 0.15) is 5.35 Å². The molecule has 0 saturated heterocycles. The van der Waals surface area contributed by atoms with E-state index in [1.165, 1.54) is 4.52 Å². The first-order valence-electron chi connectivity index (χ1n) is 4.81. The monoisotopic (exact) mass is 211 g/mol. The van der Waals surface area contributed by atoms with Crippen molar-refractivity contribution in [1.82, 2.24) is 30.2 Å². The lowest BCUT2D eigenvalue weighted by molar-refractivity contribution is 0.758. The van der Waals surface area contributed by atoms with Crippen LogP contribution in [0.3, 0.4) is 0 Å². The second-order valence-corrected chi connectivity index (χ2v) is 3.54. The fourth-order valence-corrected chi connectivity index (χ4v) is 1.92. The van der Waals surface area contributed by atoms with Gasteiger partial charge < -0.3 is 0 Å². The van der Waals surface area contributed by atoms with E-state index < -0.39 is 0 Å². The van der Waals surface area contributed by atoms with Crippen molar-refractivity contribution < 1.29 is 0 Å². The number of rotatable bonds is 0. The van der Waals surface area contributed by atoms with E-state index in [0.717, 1.165) is 10.9 Å². The normalized spacial score (nSPS) is 21.0. The second-order valence-electron chi connectivity index (χ2n) is 3.54. The van der Waals surface area contributed by atoms with Gasteiger partial charge in [0.2, 0.25) is 0 Å². The van der Waals surface area contributed by atoms with Crippen molar-refractivity contribution >= 4 is 11.4 Å². The molecule has 0 radical (unpaired) electrons. The molecule has 7 nitrogen and oxygen atoms in total. The molecule has 1 aliphatic heterocycles.